The first-order valence-electron chi connectivity index (χ1n) is 9.85. The van der Waals surface area contributed by atoms with E-state index in [4.69, 9.17) is 13.9 Å². The molecule has 32 heavy (non-hydrogen) atoms. The lowest BCUT2D eigenvalue weighted by molar-refractivity contribution is -0.112. The van der Waals surface area contributed by atoms with E-state index in [1.165, 1.54) is 6.08 Å². The van der Waals surface area contributed by atoms with Gasteiger partial charge in [0.2, 0.25) is 12.7 Å². The maximum Gasteiger partial charge on any atom is 0.322 e. The quantitative estimate of drug-likeness (QED) is 0.539. The first kappa shape index (κ1) is 21.6. The van der Waals surface area contributed by atoms with Crippen LogP contribution in [0.25, 0.3) is 6.08 Å². The van der Waals surface area contributed by atoms with Crippen LogP contribution in [0.4, 0.5) is 6.01 Å². The molecule has 2 heterocycles. The van der Waals surface area contributed by atoms with Gasteiger partial charge in [0.25, 0.3) is 5.91 Å². The molecule has 0 radical (unpaired) electrons. The lowest BCUT2D eigenvalue weighted by atomic mass is 10.1. The van der Waals surface area contributed by atoms with Crippen molar-refractivity contribution in [2.75, 3.05) is 12.1 Å². The number of anilines is 1. The second kappa shape index (κ2) is 8.83. The van der Waals surface area contributed by atoms with Gasteiger partial charge >= 0.3 is 6.01 Å². The van der Waals surface area contributed by atoms with Crippen LogP contribution < -0.4 is 14.8 Å². The van der Waals surface area contributed by atoms with Gasteiger partial charge < -0.3 is 13.9 Å². The molecule has 2 aromatic carbocycles. The average molecular weight is 455 g/mol. The Morgan fingerprint density at radius 2 is 1.84 bits per heavy atom. The van der Waals surface area contributed by atoms with E-state index < -0.39 is 21.0 Å². The minimum Gasteiger partial charge on any atom is -0.454 e. The van der Waals surface area contributed by atoms with E-state index in [9.17, 15) is 13.2 Å². The highest BCUT2D eigenvalue weighted by Gasteiger charge is 2.19. The predicted octanol–water partition coefficient (Wildman–Crippen LogP) is 3.22. The molecule has 0 saturated heterocycles. The second-order valence-corrected chi connectivity index (χ2v) is 9.85. The number of rotatable bonds is 7. The molecule has 1 aliphatic heterocycles. The van der Waals surface area contributed by atoms with Gasteiger partial charge in [0.1, 0.15) is 0 Å². The summed E-state index contributed by atoms with van der Waals surface area (Å²) in [6.45, 7) is 3.47. The van der Waals surface area contributed by atoms with Gasteiger partial charge in [-0.3, -0.25) is 10.1 Å². The van der Waals surface area contributed by atoms with Crippen molar-refractivity contribution < 1.29 is 27.1 Å². The molecular formula is C22H21N3O6S. The molecule has 0 atom stereocenters. The van der Waals surface area contributed by atoms with Crippen LogP contribution in [0.3, 0.4) is 0 Å². The summed E-state index contributed by atoms with van der Waals surface area (Å²) in [5, 5.41) is 9.76. The van der Waals surface area contributed by atoms with Gasteiger partial charge in [-0.05, 0) is 55.3 Å². The lowest BCUT2D eigenvalue weighted by Crippen LogP contribution is -2.13. The van der Waals surface area contributed by atoms with Gasteiger partial charge in [-0.25, -0.2) is 8.42 Å². The number of carbonyl (C=O) groups is 1. The van der Waals surface area contributed by atoms with Crippen molar-refractivity contribution in [1.29, 1.82) is 0 Å². The number of benzene rings is 2. The van der Waals surface area contributed by atoms with Crippen LogP contribution in [0.15, 0.2) is 57.9 Å². The first-order valence-corrected chi connectivity index (χ1v) is 11.4. The Balaban J connectivity index is 1.35. The Kier molecular flexibility index (Phi) is 5.95. The zero-order chi connectivity index (χ0) is 22.7. The zero-order valence-electron chi connectivity index (χ0n) is 17.4. The molecule has 0 saturated carbocycles. The fraction of sp³-hybridized carbons (Fsp3) is 0.227. The van der Waals surface area contributed by atoms with Gasteiger partial charge in [-0.1, -0.05) is 23.3 Å². The molecule has 0 unspecified atom stereocenters. The van der Waals surface area contributed by atoms with Gasteiger partial charge in [-0.2, -0.15) is 0 Å². The molecule has 0 fully saturated rings. The number of carbonyl (C=O) groups excluding carboxylic acids is 1. The Morgan fingerprint density at radius 1 is 1.09 bits per heavy atom. The number of sulfone groups is 1. The Labute approximate surface area is 185 Å². The van der Waals surface area contributed by atoms with Gasteiger partial charge in [-0.15, -0.1) is 5.10 Å². The van der Waals surface area contributed by atoms with Crippen molar-refractivity contribution >= 4 is 27.8 Å². The fourth-order valence-corrected chi connectivity index (χ4v) is 4.01. The molecule has 0 spiro atoms. The van der Waals surface area contributed by atoms with E-state index in [0.717, 1.165) is 11.1 Å². The topological polar surface area (TPSA) is 121 Å². The molecule has 9 nitrogen and oxygen atoms in total. The van der Waals surface area contributed by atoms with Gasteiger partial charge in [0.05, 0.1) is 16.6 Å². The third-order valence-corrected chi connectivity index (χ3v) is 6.92. The van der Waals surface area contributed by atoms with Crippen molar-refractivity contribution in [3.8, 4) is 11.5 Å². The molecule has 1 N–H and O–H groups in total. The number of ether oxygens (including phenoxy) is 2. The van der Waals surface area contributed by atoms with E-state index in [1.54, 1.807) is 62.4 Å². The molecule has 0 aliphatic carbocycles. The van der Waals surface area contributed by atoms with E-state index in [1.807, 2.05) is 0 Å². The molecule has 4 rings (SSSR count). The monoisotopic (exact) mass is 455 g/mol. The van der Waals surface area contributed by atoms with Crippen LogP contribution in [0.2, 0.25) is 0 Å². The van der Waals surface area contributed by atoms with Crippen LogP contribution in [-0.2, 0) is 21.1 Å². The summed E-state index contributed by atoms with van der Waals surface area (Å²) in [5.74, 6) is 1.16. The number of amides is 1. The zero-order valence-corrected chi connectivity index (χ0v) is 18.3. The van der Waals surface area contributed by atoms with E-state index in [2.05, 4.69) is 15.5 Å². The van der Waals surface area contributed by atoms with Crippen molar-refractivity contribution in [3.05, 3.63) is 65.6 Å². The molecule has 3 aromatic rings. The molecular weight excluding hydrogens is 434 g/mol. The summed E-state index contributed by atoms with van der Waals surface area (Å²) in [7, 11) is -3.32. The minimum absolute atomic E-state index is 0.0284. The summed E-state index contributed by atoms with van der Waals surface area (Å²) >= 11 is 0. The maximum absolute atomic E-state index is 12.2. The first-order chi connectivity index (χ1) is 15.3. The number of nitrogens with zero attached hydrogens (tertiary/aromatic N) is 2. The highest BCUT2D eigenvalue weighted by atomic mass is 32.2. The van der Waals surface area contributed by atoms with Crippen molar-refractivity contribution in [2.45, 2.75) is 30.4 Å². The highest BCUT2D eigenvalue weighted by Crippen LogP contribution is 2.32. The largest absolute Gasteiger partial charge is 0.454 e. The molecule has 1 aliphatic rings. The summed E-state index contributed by atoms with van der Waals surface area (Å²) in [6.07, 6.45) is 3.27. The third-order valence-electron chi connectivity index (χ3n) is 4.75. The SMILES string of the molecule is CC(C)S(=O)(=O)c1ccc(Cc2nnc(NC(=O)C=Cc3ccc4c(c3)OCO4)o2)cc1. The van der Waals surface area contributed by atoms with Crippen molar-refractivity contribution in [1.82, 2.24) is 10.2 Å². The highest BCUT2D eigenvalue weighted by molar-refractivity contribution is 7.92. The average Bonchev–Trinajstić information content (AvgIpc) is 3.41. The van der Waals surface area contributed by atoms with Crippen LogP contribution >= 0.6 is 0 Å². The summed E-state index contributed by atoms with van der Waals surface area (Å²) < 4.78 is 40.4. The summed E-state index contributed by atoms with van der Waals surface area (Å²) in [4.78, 5) is 12.4. The maximum atomic E-state index is 12.2. The Bertz CT molecular complexity index is 1260. The number of hydrogen-bond donors (Lipinski definition) is 1. The standard InChI is InChI=1S/C22H21N3O6S/c1-14(2)32(27,28)17-7-3-16(4-8-17)12-21-24-25-22(31-21)23-20(26)10-6-15-5-9-18-19(11-15)30-13-29-18/h3-11,14H,12-13H2,1-2H3,(H,23,25,26). The van der Waals surface area contributed by atoms with Crippen LogP contribution in [-0.4, -0.2) is 36.6 Å². The minimum atomic E-state index is -3.32. The van der Waals surface area contributed by atoms with Crippen LogP contribution in [0, 0.1) is 0 Å². The van der Waals surface area contributed by atoms with E-state index in [-0.39, 0.29) is 17.7 Å². The normalized spacial score (nSPS) is 13.1. The second-order valence-electron chi connectivity index (χ2n) is 7.35. The number of fused-ring (bicyclic) bond motifs is 1. The molecule has 10 heteroatoms. The van der Waals surface area contributed by atoms with E-state index in [0.29, 0.717) is 23.8 Å². The third kappa shape index (κ3) is 4.80. The fourth-order valence-electron chi connectivity index (χ4n) is 2.96. The predicted molar refractivity (Wildman–Crippen MR) is 116 cm³/mol. The van der Waals surface area contributed by atoms with Gasteiger partial charge in [0.15, 0.2) is 21.3 Å². The molecule has 166 valence electrons. The van der Waals surface area contributed by atoms with Gasteiger partial charge in [0, 0.05) is 6.08 Å². The lowest BCUT2D eigenvalue weighted by Gasteiger charge is -2.08. The smallest absolute Gasteiger partial charge is 0.322 e. The molecule has 1 amide bonds. The number of hydrogen-bond acceptors (Lipinski definition) is 8. The number of nitrogens with one attached hydrogen (secondary N) is 1. The number of aromatic nitrogens is 2. The van der Waals surface area contributed by atoms with Crippen LogP contribution in [0.5, 0.6) is 11.5 Å². The summed E-state index contributed by atoms with van der Waals surface area (Å²) in [6, 6.07) is 11.8. The van der Waals surface area contributed by atoms with Crippen molar-refractivity contribution in [2.24, 2.45) is 0 Å². The summed E-state index contributed by atoms with van der Waals surface area (Å²) in [5.41, 5.74) is 1.58. The Hall–Kier alpha value is -3.66. The molecule has 0 bridgehead atoms. The Morgan fingerprint density at radius 3 is 2.59 bits per heavy atom. The van der Waals surface area contributed by atoms with E-state index >= 15 is 0 Å². The van der Waals surface area contributed by atoms with Crippen LogP contribution in [0.1, 0.15) is 30.9 Å². The molecule has 1 aromatic heterocycles. The van der Waals surface area contributed by atoms with Crippen molar-refractivity contribution in [3.63, 3.8) is 0 Å².